The van der Waals surface area contributed by atoms with Crippen LogP contribution in [0.4, 0.5) is 0 Å². The number of hydrogen-bond acceptors (Lipinski definition) is 3. The maximum atomic E-state index is 10.5. The molecule has 0 amide bonds. The standard InChI is InChI=1S/C10H9NO2/c12-5-7-1-9-2-8(6-13)4-11-10(9)3-7/h2,4-7H,1,3H2. The zero-order valence-electron chi connectivity index (χ0n) is 7.06. The lowest BCUT2D eigenvalue weighted by atomic mass is 10.1. The van der Waals surface area contributed by atoms with Gasteiger partial charge in [0.1, 0.15) is 6.29 Å². The van der Waals surface area contributed by atoms with E-state index in [0.29, 0.717) is 5.56 Å². The molecule has 66 valence electrons. The molecular weight excluding hydrogens is 166 g/mol. The Morgan fingerprint density at radius 3 is 2.92 bits per heavy atom. The van der Waals surface area contributed by atoms with Crippen LogP contribution < -0.4 is 0 Å². The van der Waals surface area contributed by atoms with Crippen LogP contribution in [0.1, 0.15) is 21.6 Å². The smallest absolute Gasteiger partial charge is 0.151 e. The van der Waals surface area contributed by atoms with Gasteiger partial charge in [0, 0.05) is 23.4 Å². The second kappa shape index (κ2) is 3.09. The molecule has 1 aliphatic carbocycles. The molecule has 0 spiro atoms. The summed E-state index contributed by atoms with van der Waals surface area (Å²) in [4.78, 5) is 25.1. The van der Waals surface area contributed by atoms with Gasteiger partial charge in [0.25, 0.3) is 0 Å². The minimum absolute atomic E-state index is 0.0596. The number of fused-ring (bicyclic) bond motifs is 1. The van der Waals surface area contributed by atoms with E-state index in [1.165, 1.54) is 0 Å². The minimum Gasteiger partial charge on any atom is -0.303 e. The molecule has 3 nitrogen and oxygen atoms in total. The van der Waals surface area contributed by atoms with E-state index in [9.17, 15) is 9.59 Å². The molecule has 1 aliphatic rings. The van der Waals surface area contributed by atoms with Gasteiger partial charge in [0.05, 0.1) is 0 Å². The van der Waals surface area contributed by atoms with Gasteiger partial charge >= 0.3 is 0 Å². The summed E-state index contributed by atoms with van der Waals surface area (Å²) in [6.07, 6.45) is 4.74. The summed E-state index contributed by atoms with van der Waals surface area (Å²) in [5, 5.41) is 0. The highest BCUT2D eigenvalue weighted by molar-refractivity contribution is 5.74. The molecule has 2 rings (SSSR count). The molecule has 1 aromatic rings. The maximum absolute atomic E-state index is 10.5. The first kappa shape index (κ1) is 8.10. The fourth-order valence-corrected chi connectivity index (χ4v) is 1.68. The second-order valence-corrected chi connectivity index (χ2v) is 3.30. The van der Waals surface area contributed by atoms with Crippen molar-refractivity contribution in [3.63, 3.8) is 0 Å². The van der Waals surface area contributed by atoms with Gasteiger partial charge < -0.3 is 4.79 Å². The van der Waals surface area contributed by atoms with Crippen LogP contribution in [0, 0.1) is 5.92 Å². The number of rotatable bonds is 2. The Kier molecular flexibility index (Phi) is 1.93. The van der Waals surface area contributed by atoms with E-state index < -0.39 is 0 Å². The molecule has 0 aromatic carbocycles. The first-order valence-electron chi connectivity index (χ1n) is 4.21. The van der Waals surface area contributed by atoms with Crippen LogP contribution in [0.15, 0.2) is 12.3 Å². The zero-order valence-corrected chi connectivity index (χ0v) is 7.06. The van der Waals surface area contributed by atoms with Crippen LogP contribution in [0.3, 0.4) is 0 Å². The van der Waals surface area contributed by atoms with Crippen molar-refractivity contribution in [2.45, 2.75) is 12.8 Å². The van der Waals surface area contributed by atoms with Crippen molar-refractivity contribution < 1.29 is 9.59 Å². The monoisotopic (exact) mass is 175 g/mol. The predicted octanol–water partition coefficient (Wildman–Crippen LogP) is 0.808. The van der Waals surface area contributed by atoms with Gasteiger partial charge in [-0.3, -0.25) is 9.78 Å². The van der Waals surface area contributed by atoms with Gasteiger partial charge in [-0.25, -0.2) is 0 Å². The van der Waals surface area contributed by atoms with Crippen LogP contribution in [-0.2, 0) is 17.6 Å². The average molecular weight is 175 g/mol. The van der Waals surface area contributed by atoms with Gasteiger partial charge in [-0.05, 0) is 24.5 Å². The first-order chi connectivity index (χ1) is 6.33. The van der Waals surface area contributed by atoms with Crippen molar-refractivity contribution in [1.82, 2.24) is 4.98 Å². The quantitative estimate of drug-likeness (QED) is 0.625. The van der Waals surface area contributed by atoms with Gasteiger partial charge in [0.2, 0.25) is 0 Å². The molecule has 1 atom stereocenters. The Hall–Kier alpha value is -1.51. The summed E-state index contributed by atoms with van der Waals surface area (Å²) in [6, 6.07) is 1.82. The number of aldehydes is 2. The van der Waals surface area contributed by atoms with Crippen molar-refractivity contribution in [2.75, 3.05) is 0 Å². The molecule has 1 aromatic heterocycles. The van der Waals surface area contributed by atoms with Crippen molar-refractivity contribution in [3.8, 4) is 0 Å². The SMILES string of the molecule is O=Cc1cnc2c(c1)CC(C=O)C2. The molecule has 1 heterocycles. The van der Waals surface area contributed by atoms with E-state index >= 15 is 0 Å². The highest BCUT2D eigenvalue weighted by atomic mass is 16.1. The zero-order chi connectivity index (χ0) is 9.26. The summed E-state index contributed by atoms with van der Waals surface area (Å²) < 4.78 is 0. The van der Waals surface area contributed by atoms with E-state index in [4.69, 9.17) is 0 Å². The summed E-state index contributed by atoms with van der Waals surface area (Å²) in [6.45, 7) is 0. The third-order valence-electron chi connectivity index (χ3n) is 2.35. The molecule has 13 heavy (non-hydrogen) atoms. The topological polar surface area (TPSA) is 47.0 Å². The molecule has 0 saturated carbocycles. The van der Waals surface area contributed by atoms with Crippen molar-refractivity contribution in [1.29, 1.82) is 0 Å². The van der Waals surface area contributed by atoms with E-state index in [0.717, 1.165) is 36.7 Å². The maximum Gasteiger partial charge on any atom is 0.151 e. The molecule has 0 N–H and O–H groups in total. The molecule has 3 heteroatoms. The van der Waals surface area contributed by atoms with Gasteiger partial charge in [-0.15, -0.1) is 0 Å². The number of hydrogen-bond donors (Lipinski definition) is 0. The lowest BCUT2D eigenvalue weighted by Gasteiger charge is -1.96. The van der Waals surface area contributed by atoms with Crippen LogP contribution in [0.25, 0.3) is 0 Å². The normalized spacial score (nSPS) is 19.5. The van der Waals surface area contributed by atoms with E-state index in [1.54, 1.807) is 6.20 Å². The number of carbonyl (C=O) groups excluding carboxylic acids is 2. The number of pyridine rings is 1. The lowest BCUT2D eigenvalue weighted by Crippen LogP contribution is -1.99. The van der Waals surface area contributed by atoms with Gasteiger partial charge in [0.15, 0.2) is 6.29 Å². The summed E-state index contributed by atoms with van der Waals surface area (Å²) in [5.41, 5.74) is 2.59. The fraction of sp³-hybridized carbons (Fsp3) is 0.300. The number of nitrogens with zero attached hydrogens (tertiary/aromatic N) is 1. The predicted molar refractivity (Wildman–Crippen MR) is 46.6 cm³/mol. The molecule has 0 fully saturated rings. The molecule has 0 bridgehead atoms. The van der Waals surface area contributed by atoms with Crippen LogP contribution in [0.5, 0.6) is 0 Å². The summed E-state index contributed by atoms with van der Waals surface area (Å²) >= 11 is 0. The lowest BCUT2D eigenvalue weighted by molar-refractivity contribution is -0.110. The second-order valence-electron chi connectivity index (χ2n) is 3.30. The minimum atomic E-state index is 0.0596. The molecular formula is C10H9NO2. The number of carbonyl (C=O) groups is 2. The fourth-order valence-electron chi connectivity index (χ4n) is 1.68. The molecule has 0 radical (unpaired) electrons. The van der Waals surface area contributed by atoms with Crippen LogP contribution in [0.2, 0.25) is 0 Å². The summed E-state index contributed by atoms with van der Waals surface area (Å²) in [7, 11) is 0. The average Bonchev–Trinajstić information content (AvgIpc) is 2.58. The molecule has 1 unspecified atom stereocenters. The van der Waals surface area contributed by atoms with Crippen molar-refractivity contribution in [2.24, 2.45) is 5.92 Å². The largest absolute Gasteiger partial charge is 0.303 e. The van der Waals surface area contributed by atoms with E-state index in [2.05, 4.69) is 4.98 Å². The van der Waals surface area contributed by atoms with Crippen molar-refractivity contribution >= 4 is 12.6 Å². The molecule has 0 aliphatic heterocycles. The van der Waals surface area contributed by atoms with Gasteiger partial charge in [-0.2, -0.15) is 0 Å². The third-order valence-corrected chi connectivity index (χ3v) is 2.35. The van der Waals surface area contributed by atoms with Crippen molar-refractivity contribution in [3.05, 3.63) is 29.1 Å². The third kappa shape index (κ3) is 1.37. The Bertz CT molecular complexity index is 360. The van der Waals surface area contributed by atoms with E-state index in [-0.39, 0.29) is 5.92 Å². The van der Waals surface area contributed by atoms with Crippen LogP contribution in [-0.4, -0.2) is 17.6 Å². The Morgan fingerprint density at radius 1 is 1.38 bits per heavy atom. The summed E-state index contributed by atoms with van der Waals surface area (Å²) in [5.74, 6) is 0.0596. The Balaban J connectivity index is 2.35. The highest BCUT2D eigenvalue weighted by Gasteiger charge is 2.21. The number of aromatic nitrogens is 1. The van der Waals surface area contributed by atoms with Crippen LogP contribution >= 0.6 is 0 Å². The highest BCUT2D eigenvalue weighted by Crippen LogP contribution is 2.23. The Morgan fingerprint density at radius 2 is 2.23 bits per heavy atom. The van der Waals surface area contributed by atoms with E-state index in [1.807, 2.05) is 6.07 Å². The molecule has 0 saturated heterocycles. The first-order valence-corrected chi connectivity index (χ1v) is 4.21. The van der Waals surface area contributed by atoms with Gasteiger partial charge in [-0.1, -0.05) is 0 Å². The Labute approximate surface area is 75.8 Å².